The summed E-state index contributed by atoms with van der Waals surface area (Å²) in [7, 11) is 0. The number of ether oxygens (including phenoxy) is 1. The molecule has 1 aliphatic heterocycles. The van der Waals surface area contributed by atoms with Gasteiger partial charge in [-0.15, -0.1) is 23.4 Å². The molecule has 1 aliphatic rings. The van der Waals surface area contributed by atoms with Gasteiger partial charge in [-0.05, 0) is 30.5 Å². The first-order valence-electron chi connectivity index (χ1n) is 8.33. The number of nitrogens with zero attached hydrogens (tertiary/aromatic N) is 3. The summed E-state index contributed by atoms with van der Waals surface area (Å²) in [6.45, 7) is 1.75. The summed E-state index contributed by atoms with van der Waals surface area (Å²) < 4.78 is 78.5. The van der Waals surface area contributed by atoms with Crippen molar-refractivity contribution in [3.05, 3.63) is 34.8 Å². The first-order valence-corrected chi connectivity index (χ1v) is 9.14. The van der Waals surface area contributed by atoms with Crippen LogP contribution in [-0.4, -0.2) is 40.6 Å². The number of aromatic nitrogens is 2. The fourth-order valence-corrected chi connectivity index (χ4v) is 3.59. The van der Waals surface area contributed by atoms with Gasteiger partial charge in [0.05, 0.1) is 0 Å². The van der Waals surface area contributed by atoms with Crippen LogP contribution in [0.3, 0.4) is 0 Å². The van der Waals surface area contributed by atoms with Crippen molar-refractivity contribution < 1.29 is 31.1 Å². The average Bonchev–Trinajstić information content (AvgIpc) is 3.04. The Kier molecular flexibility index (Phi) is 5.98. The number of alkyl halides is 6. The van der Waals surface area contributed by atoms with Gasteiger partial charge in [0, 0.05) is 25.7 Å². The molecule has 2 heterocycles. The largest absolute Gasteiger partial charge is 0.573 e. The first-order chi connectivity index (χ1) is 13.1. The molecule has 1 aromatic heterocycles. The highest BCUT2D eigenvalue weighted by Crippen LogP contribution is 2.33. The van der Waals surface area contributed by atoms with E-state index in [0.717, 1.165) is 0 Å². The van der Waals surface area contributed by atoms with Crippen LogP contribution in [0.4, 0.5) is 31.5 Å². The lowest BCUT2D eigenvalue weighted by Crippen LogP contribution is -2.38. The molecule has 0 spiro atoms. The highest BCUT2D eigenvalue weighted by atomic mass is 32.1. The van der Waals surface area contributed by atoms with Gasteiger partial charge in [0.25, 0.3) is 0 Å². The number of piperidine rings is 1. The molecule has 3 rings (SSSR count). The molecule has 0 atom stereocenters. The molecule has 1 aromatic carbocycles. The van der Waals surface area contributed by atoms with Crippen LogP contribution in [0.15, 0.2) is 24.3 Å². The maximum Gasteiger partial charge on any atom is 0.573 e. The third-order valence-corrected chi connectivity index (χ3v) is 5.02. The summed E-state index contributed by atoms with van der Waals surface area (Å²) in [5.41, 5.74) is 0.687. The lowest BCUT2D eigenvalue weighted by Gasteiger charge is -2.32. The third kappa shape index (κ3) is 5.96. The van der Waals surface area contributed by atoms with Crippen molar-refractivity contribution in [1.82, 2.24) is 15.1 Å². The van der Waals surface area contributed by atoms with Crippen molar-refractivity contribution in [3.8, 4) is 5.75 Å². The summed E-state index contributed by atoms with van der Waals surface area (Å²) >= 11 is 0.465. The van der Waals surface area contributed by atoms with E-state index in [9.17, 15) is 26.3 Å². The second kappa shape index (κ2) is 8.11. The van der Waals surface area contributed by atoms with Gasteiger partial charge < -0.3 is 10.1 Å². The molecule has 0 saturated carbocycles. The number of nitrogens with one attached hydrogen (secondary N) is 1. The second-order valence-electron chi connectivity index (χ2n) is 6.30. The topological polar surface area (TPSA) is 50.3 Å². The molecule has 0 radical (unpaired) electrons. The molecule has 0 aliphatic carbocycles. The van der Waals surface area contributed by atoms with Crippen LogP contribution in [0.5, 0.6) is 5.75 Å². The Morgan fingerprint density at radius 1 is 1.11 bits per heavy atom. The molecular weight excluding hydrogens is 410 g/mol. The summed E-state index contributed by atoms with van der Waals surface area (Å²) in [6.07, 6.45) is -7.91. The van der Waals surface area contributed by atoms with Gasteiger partial charge in [-0.25, -0.2) is 0 Å². The third-order valence-electron chi connectivity index (χ3n) is 4.12. The zero-order chi connectivity index (χ0) is 20.4. The molecule has 12 heteroatoms. The van der Waals surface area contributed by atoms with Crippen molar-refractivity contribution >= 4 is 16.5 Å². The predicted octanol–water partition coefficient (Wildman–Crippen LogP) is 4.53. The van der Waals surface area contributed by atoms with Crippen molar-refractivity contribution in [2.45, 2.75) is 38.0 Å². The summed E-state index contributed by atoms with van der Waals surface area (Å²) in [5.74, 6) is -0.265. The molecule has 0 bridgehead atoms. The Hall–Kier alpha value is -2.08. The molecule has 5 nitrogen and oxygen atoms in total. The molecule has 0 amide bonds. The van der Waals surface area contributed by atoms with E-state index in [1.807, 2.05) is 0 Å². The maximum absolute atomic E-state index is 12.6. The number of hydrogen-bond acceptors (Lipinski definition) is 6. The molecule has 1 saturated heterocycles. The number of rotatable bonds is 5. The SMILES string of the molecule is FC(F)(F)Oc1cccc(CN2CCC(Nc3nnc(C(F)(F)F)s3)CC2)c1. The quantitative estimate of drug-likeness (QED) is 0.712. The van der Waals surface area contributed by atoms with E-state index < -0.39 is 17.5 Å². The lowest BCUT2D eigenvalue weighted by atomic mass is 10.0. The molecule has 1 fully saturated rings. The minimum atomic E-state index is -4.74. The van der Waals surface area contributed by atoms with E-state index in [1.165, 1.54) is 18.2 Å². The Morgan fingerprint density at radius 3 is 2.43 bits per heavy atom. The van der Waals surface area contributed by atoms with Crippen LogP contribution in [0.25, 0.3) is 0 Å². The smallest absolute Gasteiger partial charge is 0.406 e. The van der Waals surface area contributed by atoms with Crippen molar-refractivity contribution in [1.29, 1.82) is 0 Å². The van der Waals surface area contributed by atoms with E-state index in [1.54, 1.807) is 6.07 Å². The van der Waals surface area contributed by atoms with Crippen molar-refractivity contribution in [2.75, 3.05) is 18.4 Å². The molecule has 0 unspecified atom stereocenters. The zero-order valence-corrected chi connectivity index (χ0v) is 15.2. The maximum atomic E-state index is 12.6. The molecule has 154 valence electrons. The Bertz CT molecular complexity index is 786. The number of likely N-dealkylation sites (tertiary alicyclic amines) is 1. The van der Waals surface area contributed by atoms with Gasteiger partial charge in [-0.2, -0.15) is 13.2 Å². The second-order valence-corrected chi connectivity index (χ2v) is 7.28. The number of anilines is 1. The van der Waals surface area contributed by atoms with Crippen molar-refractivity contribution in [3.63, 3.8) is 0 Å². The highest BCUT2D eigenvalue weighted by Gasteiger charge is 2.36. The summed E-state index contributed by atoms with van der Waals surface area (Å²) in [6, 6.07) is 5.76. The fourth-order valence-electron chi connectivity index (χ4n) is 2.91. The van der Waals surface area contributed by atoms with Gasteiger partial charge in [0.1, 0.15) is 5.75 Å². The minimum absolute atomic E-state index is 0.0369. The van der Waals surface area contributed by atoms with Gasteiger partial charge in [0.15, 0.2) is 0 Å². The van der Waals surface area contributed by atoms with Gasteiger partial charge >= 0.3 is 12.5 Å². The minimum Gasteiger partial charge on any atom is -0.406 e. The van der Waals surface area contributed by atoms with E-state index >= 15 is 0 Å². The van der Waals surface area contributed by atoms with Crippen molar-refractivity contribution in [2.24, 2.45) is 0 Å². The Morgan fingerprint density at radius 2 is 1.82 bits per heavy atom. The van der Waals surface area contributed by atoms with E-state index in [2.05, 4.69) is 25.2 Å². The Labute approximate surface area is 160 Å². The Balaban J connectivity index is 1.49. The molecule has 1 N–H and O–H groups in total. The average molecular weight is 426 g/mol. The molecular formula is C16H16F6N4OS. The van der Waals surface area contributed by atoms with Crippen LogP contribution >= 0.6 is 11.3 Å². The van der Waals surface area contributed by atoms with Crippen LogP contribution < -0.4 is 10.1 Å². The normalized spacial score (nSPS) is 16.9. The monoisotopic (exact) mass is 426 g/mol. The lowest BCUT2D eigenvalue weighted by molar-refractivity contribution is -0.274. The van der Waals surface area contributed by atoms with Crippen LogP contribution in [0.1, 0.15) is 23.4 Å². The number of benzene rings is 1. The summed E-state index contributed by atoms with van der Waals surface area (Å²) in [5, 5.41) is 8.76. The van der Waals surface area contributed by atoms with Crippen LogP contribution in [-0.2, 0) is 12.7 Å². The fraction of sp³-hybridized carbons (Fsp3) is 0.500. The summed E-state index contributed by atoms with van der Waals surface area (Å²) in [4.78, 5) is 2.06. The predicted molar refractivity (Wildman–Crippen MR) is 90.0 cm³/mol. The van der Waals surface area contributed by atoms with Gasteiger partial charge in [-0.1, -0.05) is 23.5 Å². The van der Waals surface area contributed by atoms with Crippen LogP contribution in [0.2, 0.25) is 0 Å². The zero-order valence-electron chi connectivity index (χ0n) is 14.3. The van der Waals surface area contributed by atoms with Crippen LogP contribution in [0, 0.1) is 0 Å². The first kappa shape index (κ1) is 20.6. The number of hydrogen-bond donors (Lipinski definition) is 1. The molecule has 28 heavy (non-hydrogen) atoms. The van der Waals surface area contributed by atoms with E-state index in [4.69, 9.17) is 0 Å². The standard InChI is InChI=1S/C16H16F6N4OS/c17-15(18,19)13-24-25-14(28-13)23-11-4-6-26(7-5-11)9-10-2-1-3-12(8-10)27-16(20,21)22/h1-3,8,11H,4-7,9H2,(H,23,25). The van der Waals surface area contributed by atoms with Gasteiger partial charge in [-0.3, -0.25) is 4.90 Å². The van der Waals surface area contributed by atoms with Gasteiger partial charge in [0.2, 0.25) is 10.1 Å². The highest BCUT2D eigenvalue weighted by molar-refractivity contribution is 7.15. The van der Waals surface area contributed by atoms with E-state index in [-0.39, 0.29) is 16.9 Å². The van der Waals surface area contributed by atoms with E-state index in [0.29, 0.717) is 49.4 Å². The number of halogens is 6. The molecule has 2 aromatic rings.